The standard InChI is InChI=1S/C29H18N2O17S4.4Na/c30-24-18(10-9-17-23(24)28(48-52(41,42)43)16-8-4-3-7-15(16)25(17)45-49(32,33)34)29-31-21-11-19-20(12-22(21)44-29)27(47-51(38,39)40)14-6-2-1-5-13(14)26(19)46-50(35,36)37;;;;/h1-12H,30H2,(H,32,33,34)(H,35,36,37)(H,38,39,40)(H,41,42,43);;;;. The number of oxazole rings is 1. The molecule has 7 aromatic rings. The molecule has 1 aromatic heterocycles. The molecule has 0 fully saturated rings. The minimum absolute atomic E-state index is 0. The third-order valence-corrected chi connectivity index (χ3v) is 9.06. The van der Waals surface area contributed by atoms with Crippen LogP contribution in [0.2, 0.25) is 0 Å². The second-order valence-electron chi connectivity index (χ2n) is 10.8. The van der Waals surface area contributed by atoms with Gasteiger partial charge in [0.05, 0.1) is 16.6 Å². The monoisotopic (exact) mass is 886 g/mol. The maximum atomic E-state index is 12.0. The van der Waals surface area contributed by atoms with E-state index in [0.29, 0.717) is 0 Å². The number of nitrogens with zero attached hydrogens (tertiary/aromatic N) is 1. The molecule has 274 valence electrons. The Balaban J connectivity index is 0.00000210. The first-order valence-corrected chi connectivity index (χ1v) is 19.4. The molecule has 4 radical (unpaired) electrons. The van der Waals surface area contributed by atoms with E-state index in [2.05, 4.69) is 4.98 Å². The topological polar surface area (TPSA) is 306 Å². The van der Waals surface area contributed by atoms with Gasteiger partial charge in [-0.1, -0.05) is 48.5 Å². The number of fused-ring (bicyclic) bond motifs is 5. The minimum atomic E-state index is -5.24. The number of anilines is 1. The smallest absolute Gasteiger partial charge is 0.436 e. The number of hydrogen-bond donors (Lipinski definition) is 5. The predicted molar refractivity (Wildman–Crippen MR) is 206 cm³/mol. The molecule has 19 nitrogen and oxygen atoms in total. The summed E-state index contributed by atoms with van der Waals surface area (Å²) in [5.41, 5.74) is 5.85. The third kappa shape index (κ3) is 10.1. The summed E-state index contributed by atoms with van der Waals surface area (Å²) in [5.74, 6) is -2.37. The van der Waals surface area contributed by atoms with Crippen LogP contribution < -0.4 is 22.5 Å². The first kappa shape index (κ1) is 48.8. The van der Waals surface area contributed by atoms with Gasteiger partial charge in [0.1, 0.15) is 5.52 Å². The summed E-state index contributed by atoms with van der Waals surface area (Å²) in [7, 11) is -20.8. The van der Waals surface area contributed by atoms with E-state index in [1.165, 1.54) is 66.7 Å². The van der Waals surface area contributed by atoms with E-state index < -0.39 is 64.6 Å². The second kappa shape index (κ2) is 17.6. The zero-order valence-electron chi connectivity index (χ0n) is 29.2. The van der Waals surface area contributed by atoms with Crippen molar-refractivity contribution in [2.24, 2.45) is 0 Å². The second-order valence-corrected chi connectivity index (χ2v) is 14.9. The first-order chi connectivity index (χ1) is 24.2. The first-order valence-electron chi connectivity index (χ1n) is 13.9. The number of hydrogen-bond acceptors (Lipinski definition) is 15. The molecule has 27 heteroatoms. The molecule has 0 saturated carbocycles. The van der Waals surface area contributed by atoms with E-state index in [-0.39, 0.29) is 190 Å². The van der Waals surface area contributed by atoms with Gasteiger partial charge in [-0.25, -0.2) is 4.98 Å². The Morgan fingerprint density at radius 2 is 0.875 bits per heavy atom. The number of rotatable bonds is 9. The van der Waals surface area contributed by atoms with Crippen LogP contribution in [-0.2, 0) is 41.6 Å². The van der Waals surface area contributed by atoms with Crippen molar-refractivity contribution < 1.29 is 73.0 Å². The molecular weight excluding hydrogens is 869 g/mol. The van der Waals surface area contributed by atoms with Gasteiger partial charge in [-0.05, 0) is 24.3 Å². The zero-order valence-corrected chi connectivity index (χ0v) is 40.4. The van der Waals surface area contributed by atoms with Crippen molar-refractivity contribution in [2.45, 2.75) is 0 Å². The molecule has 0 spiro atoms. The van der Waals surface area contributed by atoms with Crippen molar-refractivity contribution in [3.8, 4) is 34.5 Å². The number of nitrogens with two attached hydrogens (primary N) is 1. The Bertz CT molecular complexity index is 3050. The molecule has 0 amide bonds. The minimum Gasteiger partial charge on any atom is -0.436 e. The summed E-state index contributed by atoms with van der Waals surface area (Å²) in [4.78, 5) is 4.37. The van der Waals surface area contributed by atoms with Crippen LogP contribution in [0.15, 0.2) is 77.2 Å². The van der Waals surface area contributed by atoms with Crippen molar-refractivity contribution in [3.63, 3.8) is 0 Å². The number of benzene rings is 6. The quantitative estimate of drug-likeness (QED) is 0.0602. The molecule has 0 aliphatic rings. The fourth-order valence-corrected chi connectivity index (χ4v) is 7.36. The molecule has 7 rings (SSSR count). The maximum absolute atomic E-state index is 12.0. The van der Waals surface area contributed by atoms with E-state index in [4.69, 9.17) is 26.9 Å². The molecule has 0 atom stereocenters. The van der Waals surface area contributed by atoms with Gasteiger partial charge in [-0.15, -0.1) is 0 Å². The van der Waals surface area contributed by atoms with Crippen molar-refractivity contribution in [1.82, 2.24) is 4.98 Å². The average Bonchev–Trinajstić information content (AvgIpc) is 3.44. The van der Waals surface area contributed by atoms with Crippen LogP contribution in [0.1, 0.15) is 0 Å². The van der Waals surface area contributed by atoms with E-state index in [1.54, 1.807) is 0 Å². The van der Waals surface area contributed by atoms with Crippen LogP contribution in [0.5, 0.6) is 23.0 Å². The van der Waals surface area contributed by atoms with Gasteiger partial charge < -0.3 is 26.9 Å². The van der Waals surface area contributed by atoms with Crippen molar-refractivity contribution in [2.75, 3.05) is 5.73 Å². The van der Waals surface area contributed by atoms with Gasteiger partial charge in [0.15, 0.2) is 28.6 Å². The van der Waals surface area contributed by atoms with Gasteiger partial charge in [-0.3, -0.25) is 18.2 Å². The largest absolute Gasteiger partial charge is 0.446 e. The normalized spacial score (nSPS) is 12.0. The van der Waals surface area contributed by atoms with Gasteiger partial charge in [0.2, 0.25) is 5.89 Å². The zero-order chi connectivity index (χ0) is 37.5. The summed E-state index contributed by atoms with van der Waals surface area (Å²) in [6.07, 6.45) is 0. The van der Waals surface area contributed by atoms with Gasteiger partial charge in [0.25, 0.3) is 0 Å². The van der Waals surface area contributed by atoms with Crippen molar-refractivity contribution in [1.29, 1.82) is 0 Å². The van der Waals surface area contributed by atoms with Crippen LogP contribution >= 0.6 is 0 Å². The van der Waals surface area contributed by atoms with Gasteiger partial charge in [0, 0.05) is 156 Å². The van der Waals surface area contributed by atoms with Gasteiger partial charge >= 0.3 is 41.6 Å². The Morgan fingerprint density at radius 1 is 0.500 bits per heavy atom. The van der Waals surface area contributed by atoms with E-state index in [1.807, 2.05) is 0 Å². The molecule has 0 saturated heterocycles. The van der Waals surface area contributed by atoms with Crippen LogP contribution in [-0.4, -0.2) is 175 Å². The molecule has 56 heavy (non-hydrogen) atoms. The summed E-state index contributed by atoms with van der Waals surface area (Å²) < 4.78 is 159. The summed E-state index contributed by atoms with van der Waals surface area (Å²) in [5, 5.41) is -1.34. The van der Waals surface area contributed by atoms with E-state index >= 15 is 0 Å². The molecule has 0 aliphatic carbocycles. The molecule has 0 aliphatic heterocycles. The Kier molecular flexibility index (Phi) is 15.3. The summed E-state index contributed by atoms with van der Waals surface area (Å²) in [6, 6.07) is 15.7. The molecular formula is C29H18N2Na4O17S4. The Labute approximate surface area is 405 Å². The van der Waals surface area contributed by atoms with Gasteiger partial charge in [-0.2, -0.15) is 33.7 Å². The van der Waals surface area contributed by atoms with Crippen LogP contribution in [0, 0.1) is 0 Å². The molecule has 0 unspecified atom stereocenters. The number of aromatic nitrogens is 1. The molecule has 6 aromatic carbocycles. The third-order valence-electron chi connectivity index (χ3n) is 7.55. The fraction of sp³-hybridized carbons (Fsp3) is 0. The fourth-order valence-electron chi connectivity index (χ4n) is 5.81. The van der Waals surface area contributed by atoms with E-state index in [0.717, 1.165) is 6.07 Å². The van der Waals surface area contributed by atoms with Crippen molar-refractivity contribution >= 4 is 220 Å². The Morgan fingerprint density at radius 3 is 1.30 bits per heavy atom. The van der Waals surface area contributed by atoms with Crippen LogP contribution in [0.4, 0.5) is 5.69 Å². The summed E-state index contributed by atoms with van der Waals surface area (Å²) >= 11 is 0. The van der Waals surface area contributed by atoms with Crippen molar-refractivity contribution in [3.05, 3.63) is 72.8 Å². The SMILES string of the molecule is Nc1c(-c2nc3cc4c(OS(=O)(=O)O)c5ccccc5c(OS(=O)(=O)O)c4cc3o2)ccc2c(OS(=O)(=O)O)c3ccccc3c(OS(=O)(=O)O)c12.[Na].[Na].[Na].[Na]. The predicted octanol–water partition coefficient (Wildman–Crippen LogP) is 2.89. The van der Waals surface area contributed by atoms with E-state index in [9.17, 15) is 51.9 Å². The molecule has 0 bridgehead atoms. The average molecular weight is 887 g/mol. The number of nitrogen functional groups attached to an aromatic ring is 1. The molecule has 1 heterocycles. The molecule has 6 N–H and O–H groups in total. The Hall–Kier alpha value is -1.53. The maximum Gasteiger partial charge on any atom is 0.446 e. The van der Waals surface area contributed by atoms with Crippen LogP contribution in [0.3, 0.4) is 0 Å². The van der Waals surface area contributed by atoms with Crippen LogP contribution in [0.25, 0.3) is 65.6 Å². The summed E-state index contributed by atoms with van der Waals surface area (Å²) in [6.45, 7) is 0.